The number of rotatable bonds is 18. The molecule has 0 atom stereocenters. The van der Waals surface area contributed by atoms with Crippen molar-refractivity contribution in [1.82, 2.24) is 0 Å². The van der Waals surface area contributed by atoms with Crippen LogP contribution in [0.4, 0.5) is 0 Å². The Morgan fingerprint density at radius 2 is 0.227 bits per heavy atom. The Balaban J connectivity index is 0.783. The molecule has 0 radical (unpaired) electrons. The molecule has 0 aliphatic rings. The Bertz CT molecular complexity index is 4490. The van der Waals surface area contributed by atoms with Gasteiger partial charge in [0, 0.05) is 5.92 Å². The minimum Gasteiger partial charge on any atom is -0.0622 e. The van der Waals surface area contributed by atoms with Crippen molar-refractivity contribution in [3.63, 3.8) is 0 Å². The van der Waals surface area contributed by atoms with Gasteiger partial charge in [0.1, 0.15) is 0 Å². The molecule has 0 spiro atoms. The first-order valence-corrected chi connectivity index (χ1v) is 33.5. The number of hydrogen-bond donors (Lipinski definition) is 0. The zero-order valence-corrected chi connectivity index (χ0v) is 53.9. The zero-order chi connectivity index (χ0) is 65.0. The van der Waals surface area contributed by atoms with E-state index in [0.29, 0.717) is 0 Å². The Kier molecular flexibility index (Phi) is 18.0. The maximum Gasteiger partial charge on any atom is 0.0340 e. The van der Waals surface area contributed by atoms with Gasteiger partial charge in [0.15, 0.2) is 0 Å². The summed E-state index contributed by atoms with van der Waals surface area (Å²) in [4.78, 5) is 0. The molecular weight excluding hydrogens is 1170 g/mol. The van der Waals surface area contributed by atoms with Crippen LogP contribution in [0.5, 0.6) is 0 Å². The smallest absolute Gasteiger partial charge is 0.0340 e. The molecule has 0 heteroatoms. The molecule has 15 aromatic carbocycles. The van der Waals surface area contributed by atoms with Crippen LogP contribution < -0.4 is 0 Å². The first-order valence-electron chi connectivity index (χ1n) is 33.5. The largest absolute Gasteiger partial charge is 0.0622 e. The van der Waals surface area contributed by atoms with Crippen molar-refractivity contribution in [2.24, 2.45) is 0 Å². The topological polar surface area (TPSA) is 0 Å². The van der Waals surface area contributed by atoms with Crippen LogP contribution in [0, 0.1) is 0 Å². The van der Waals surface area contributed by atoms with E-state index in [0.717, 1.165) is 50.1 Å². The first-order chi connectivity index (χ1) is 48.1. The van der Waals surface area contributed by atoms with Crippen molar-refractivity contribution >= 4 is 33.4 Å². The minimum absolute atomic E-state index is 0.0434. The fraction of sp³-hybridized carbons (Fsp3) is 0.0103. The molecule has 0 heterocycles. The standard InChI is InChI=1S/C97H70/c1-10-28-76(29-11-1)92(77-30-12-2-13-31-77)95(82-40-22-7-23-41-82)88-64-52-73(53-65-88)70-46-58-85(59-47-70)91(86-60-48-71(49-61-86)74-54-66-89(67-55-74)96(83-42-24-8-25-43-83)93(78-32-14-3-15-33-78)79-34-16-4-17-35-79)87-62-50-72(51-63-87)75-56-68-90(69-57-75)97(84-44-26-9-27-45-84)94(80-36-18-5-19-37-80)81-38-20-6-21-39-81/h1-69,91H. The highest BCUT2D eigenvalue weighted by molar-refractivity contribution is 6.07. The van der Waals surface area contributed by atoms with Crippen LogP contribution in [0.3, 0.4) is 0 Å². The second kappa shape index (κ2) is 28.8. The van der Waals surface area contributed by atoms with Gasteiger partial charge in [-0.25, -0.2) is 0 Å². The van der Waals surface area contributed by atoms with Crippen molar-refractivity contribution in [1.29, 1.82) is 0 Å². The molecule has 0 aromatic heterocycles. The molecule has 0 aliphatic carbocycles. The Morgan fingerprint density at radius 1 is 0.113 bits per heavy atom. The summed E-state index contributed by atoms with van der Waals surface area (Å²) in [7, 11) is 0. The molecule has 97 heavy (non-hydrogen) atoms. The quantitative estimate of drug-likeness (QED) is 0.0593. The van der Waals surface area contributed by atoms with Gasteiger partial charge in [-0.2, -0.15) is 0 Å². The molecule has 0 fully saturated rings. The van der Waals surface area contributed by atoms with E-state index in [9.17, 15) is 0 Å². The molecule has 0 N–H and O–H groups in total. The van der Waals surface area contributed by atoms with E-state index in [1.807, 2.05) is 0 Å². The van der Waals surface area contributed by atoms with E-state index < -0.39 is 0 Å². The highest BCUT2D eigenvalue weighted by Crippen LogP contribution is 2.43. The Hall–Kier alpha value is -12.5. The highest BCUT2D eigenvalue weighted by atomic mass is 14.3. The van der Waals surface area contributed by atoms with Gasteiger partial charge in [-0.15, -0.1) is 0 Å². The fourth-order valence-electron chi connectivity index (χ4n) is 13.8. The van der Waals surface area contributed by atoms with Crippen molar-refractivity contribution < 1.29 is 0 Å². The van der Waals surface area contributed by atoms with Crippen molar-refractivity contribution in [3.8, 4) is 33.4 Å². The van der Waals surface area contributed by atoms with Crippen LogP contribution in [0.25, 0.3) is 66.8 Å². The van der Waals surface area contributed by atoms with Gasteiger partial charge >= 0.3 is 0 Å². The average Bonchev–Trinajstić information content (AvgIpc) is 0.843. The summed E-state index contributed by atoms with van der Waals surface area (Å²) in [6, 6.07) is 152. The summed E-state index contributed by atoms with van der Waals surface area (Å²) in [5.74, 6) is -0.0434. The molecule has 0 saturated carbocycles. The Morgan fingerprint density at radius 3 is 0.361 bits per heavy atom. The van der Waals surface area contributed by atoms with E-state index in [1.54, 1.807) is 0 Å². The highest BCUT2D eigenvalue weighted by Gasteiger charge is 2.22. The fourth-order valence-corrected chi connectivity index (χ4v) is 13.8. The third-order valence-electron chi connectivity index (χ3n) is 18.6. The van der Waals surface area contributed by atoms with Gasteiger partial charge in [-0.1, -0.05) is 419 Å². The minimum atomic E-state index is -0.0434. The van der Waals surface area contributed by atoms with Crippen LogP contribution in [0.15, 0.2) is 419 Å². The van der Waals surface area contributed by atoms with Crippen LogP contribution in [0.1, 0.15) is 89.4 Å². The summed E-state index contributed by atoms with van der Waals surface area (Å²) < 4.78 is 0. The summed E-state index contributed by atoms with van der Waals surface area (Å²) in [5, 5.41) is 0. The van der Waals surface area contributed by atoms with Gasteiger partial charge < -0.3 is 0 Å². The normalized spacial score (nSPS) is 11.0. The van der Waals surface area contributed by atoms with Gasteiger partial charge in [-0.3, -0.25) is 0 Å². The molecule has 15 rings (SSSR count). The van der Waals surface area contributed by atoms with Crippen molar-refractivity contribution in [2.45, 2.75) is 5.92 Å². The van der Waals surface area contributed by atoms with E-state index >= 15 is 0 Å². The van der Waals surface area contributed by atoms with Gasteiger partial charge in [0.2, 0.25) is 0 Å². The predicted molar refractivity (Wildman–Crippen MR) is 410 cm³/mol. The predicted octanol–water partition coefficient (Wildman–Crippen LogP) is 24.9. The molecule has 0 unspecified atom stereocenters. The third-order valence-corrected chi connectivity index (χ3v) is 18.6. The molecule has 0 aliphatic heterocycles. The summed E-state index contributed by atoms with van der Waals surface area (Å²) >= 11 is 0. The molecule has 0 amide bonds. The first kappa shape index (κ1) is 60.7. The maximum atomic E-state index is 2.33. The molecule has 458 valence electrons. The summed E-state index contributed by atoms with van der Waals surface area (Å²) in [5.41, 5.74) is 32.0. The lowest BCUT2D eigenvalue weighted by Gasteiger charge is -2.21. The van der Waals surface area contributed by atoms with Gasteiger partial charge in [0.25, 0.3) is 0 Å². The van der Waals surface area contributed by atoms with Gasteiger partial charge in [-0.05, 0) is 150 Å². The summed E-state index contributed by atoms with van der Waals surface area (Å²) in [6.07, 6.45) is 0. The molecular formula is C97H70. The van der Waals surface area contributed by atoms with Crippen LogP contribution >= 0.6 is 0 Å². The van der Waals surface area contributed by atoms with E-state index in [1.165, 1.54) is 100 Å². The van der Waals surface area contributed by atoms with E-state index in [4.69, 9.17) is 0 Å². The lowest BCUT2D eigenvalue weighted by atomic mass is 9.83. The second-order valence-electron chi connectivity index (χ2n) is 24.6. The number of benzene rings is 15. The molecule has 0 nitrogen and oxygen atoms in total. The lowest BCUT2D eigenvalue weighted by Crippen LogP contribution is -2.03. The number of hydrogen-bond acceptors (Lipinski definition) is 0. The monoisotopic (exact) mass is 1230 g/mol. The molecule has 0 bridgehead atoms. The molecule has 15 aromatic rings. The average molecular weight is 1240 g/mol. The van der Waals surface area contributed by atoms with Crippen LogP contribution in [-0.4, -0.2) is 0 Å². The van der Waals surface area contributed by atoms with Crippen molar-refractivity contribution in [2.75, 3.05) is 0 Å². The maximum absolute atomic E-state index is 2.33. The summed E-state index contributed by atoms with van der Waals surface area (Å²) in [6.45, 7) is 0. The van der Waals surface area contributed by atoms with Crippen LogP contribution in [0.2, 0.25) is 0 Å². The van der Waals surface area contributed by atoms with E-state index in [-0.39, 0.29) is 5.92 Å². The second-order valence-corrected chi connectivity index (χ2v) is 24.6. The van der Waals surface area contributed by atoms with Crippen LogP contribution in [-0.2, 0) is 0 Å². The molecule has 0 saturated heterocycles. The van der Waals surface area contributed by atoms with Crippen molar-refractivity contribution in [3.05, 3.63) is 502 Å². The van der Waals surface area contributed by atoms with E-state index in [2.05, 4.69) is 419 Å². The van der Waals surface area contributed by atoms with Gasteiger partial charge in [0.05, 0.1) is 0 Å². The SMILES string of the molecule is c1ccc(C(=C(c2ccccc2)c2ccc(-c3ccc(C(c4ccc(-c5ccc(C(=C(c6ccccc6)c6ccccc6)c6ccccc6)cc5)cc4)c4ccc(-c5ccc(C(=C(c6ccccc6)c6ccccc6)c6ccccc6)cc5)cc4)cc3)cc2)c2ccccc2)cc1. The third kappa shape index (κ3) is 13.4. The Labute approximate surface area is 571 Å². The lowest BCUT2D eigenvalue weighted by molar-refractivity contribution is 0.978. The zero-order valence-electron chi connectivity index (χ0n) is 53.9.